The molecule has 3 heterocycles. The van der Waals surface area contributed by atoms with Gasteiger partial charge in [0.05, 0.1) is 16.3 Å². The van der Waals surface area contributed by atoms with Crippen molar-refractivity contribution in [3.05, 3.63) is 60.1 Å². The molecule has 0 bridgehead atoms. The van der Waals surface area contributed by atoms with E-state index in [1.54, 1.807) is 48.8 Å². The molecule has 1 saturated heterocycles. The summed E-state index contributed by atoms with van der Waals surface area (Å²) in [6, 6.07) is 10.6. The Balaban J connectivity index is 1.21. The first-order valence-electron chi connectivity index (χ1n) is 11.5. The summed E-state index contributed by atoms with van der Waals surface area (Å²) >= 11 is 0. The van der Waals surface area contributed by atoms with Crippen molar-refractivity contribution in [3.63, 3.8) is 0 Å². The minimum Gasteiger partial charge on any atom is -0.449 e. The van der Waals surface area contributed by atoms with Gasteiger partial charge in [0.15, 0.2) is 21.2 Å². The number of hydrogen-bond donors (Lipinski definition) is 2. The van der Waals surface area contributed by atoms with Crippen molar-refractivity contribution in [3.8, 4) is 0 Å². The van der Waals surface area contributed by atoms with E-state index in [0.29, 0.717) is 23.3 Å². The SMILES string of the molecule is O=C(NCc1ccc(S(=O)(=O)C2CCCC(N3CCCN3)C2)cc1)c1cc2ccncc2o1. The Bertz CT molecular complexity index is 1200. The Morgan fingerprint density at radius 2 is 2.03 bits per heavy atom. The molecular formula is C24H28N4O4S. The Hall–Kier alpha value is -2.75. The minimum atomic E-state index is -3.39. The van der Waals surface area contributed by atoms with Gasteiger partial charge >= 0.3 is 0 Å². The van der Waals surface area contributed by atoms with Gasteiger partial charge in [0.1, 0.15) is 0 Å². The molecule has 1 aliphatic carbocycles. The van der Waals surface area contributed by atoms with Crippen molar-refractivity contribution in [1.29, 1.82) is 0 Å². The van der Waals surface area contributed by atoms with Crippen LogP contribution in [0.4, 0.5) is 0 Å². The van der Waals surface area contributed by atoms with E-state index in [0.717, 1.165) is 43.3 Å². The molecule has 174 valence electrons. The van der Waals surface area contributed by atoms with Crippen LogP contribution in [0.15, 0.2) is 58.1 Å². The lowest BCUT2D eigenvalue weighted by Crippen LogP contribution is -2.45. The summed E-state index contributed by atoms with van der Waals surface area (Å²) in [5, 5.41) is 5.51. The largest absolute Gasteiger partial charge is 0.449 e. The molecule has 9 heteroatoms. The predicted molar refractivity (Wildman–Crippen MR) is 124 cm³/mol. The van der Waals surface area contributed by atoms with E-state index >= 15 is 0 Å². The first-order valence-corrected chi connectivity index (χ1v) is 13.0. The van der Waals surface area contributed by atoms with Crippen molar-refractivity contribution < 1.29 is 17.6 Å². The molecule has 2 aromatic heterocycles. The standard InChI is InChI=1S/C24H28N4O4S/c29-24(22-13-18-9-11-25-16-23(18)32-22)26-15-17-5-7-20(8-6-17)33(30,31)21-4-1-3-19(14-21)28-12-2-10-27-28/h5-9,11,13,16,19,21,27H,1-4,10,12,14-15H2,(H,26,29). The fourth-order valence-electron chi connectivity index (χ4n) is 4.80. The van der Waals surface area contributed by atoms with Crippen molar-refractivity contribution >= 4 is 26.7 Å². The number of carbonyl (C=O) groups is 1. The number of carbonyl (C=O) groups excluding carboxylic acids is 1. The van der Waals surface area contributed by atoms with Crippen LogP contribution in [0.5, 0.6) is 0 Å². The lowest BCUT2D eigenvalue weighted by molar-refractivity contribution is 0.0925. The van der Waals surface area contributed by atoms with Crippen molar-refractivity contribution in [2.24, 2.45) is 0 Å². The molecule has 2 unspecified atom stereocenters. The molecule has 2 atom stereocenters. The molecule has 1 aliphatic heterocycles. The van der Waals surface area contributed by atoms with Gasteiger partial charge in [-0.05, 0) is 55.5 Å². The van der Waals surface area contributed by atoms with Gasteiger partial charge in [-0.2, -0.15) is 0 Å². The predicted octanol–water partition coefficient (Wildman–Crippen LogP) is 3.05. The molecule has 8 nitrogen and oxygen atoms in total. The van der Waals surface area contributed by atoms with E-state index in [-0.39, 0.29) is 29.5 Å². The quantitative estimate of drug-likeness (QED) is 0.573. The second kappa shape index (κ2) is 9.24. The topological polar surface area (TPSA) is 105 Å². The number of sulfone groups is 1. The summed E-state index contributed by atoms with van der Waals surface area (Å²) < 4.78 is 32.1. The molecule has 0 radical (unpaired) electrons. The van der Waals surface area contributed by atoms with E-state index in [1.165, 1.54) is 0 Å². The zero-order chi connectivity index (χ0) is 22.8. The lowest BCUT2D eigenvalue weighted by Gasteiger charge is -2.34. The number of nitrogens with zero attached hydrogens (tertiary/aromatic N) is 2. The van der Waals surface area contributed by atoms with Crippen LogP contribution in [-0.2, 0) is 16.4 Å². The van der Waals surface area contributed by atoms with Gasteiger partial charge in [-0.1, -0.05) is 18.6 Å². The van der Waals surface area contributed by atoms with Gasteiger partial charge in [0.25, 0.3) is 5.91 Å². The Kier molecular flexibility index (Phi) is 6.18. The van der Waals surface area contributed by atoms with Gasteiger partial charge in [-0.15, -0.1) is 0 Å². The first-order chi connectivity index (χ1) is 16.0. The summed E-state index contributed by atoms with van der Waals surface area (Å²) in [7, 11) is -3.39. The zero-order valence-electron chi connectivity index (χ0n) is 18.4. The van der Waals surface area contributed by atoms with Crippen molar-refractivity contribution in [2.75, 3.05) is 13.1 Å². The average molecular weight is 469 g/mol. The third-order valence-electron chi connectivity index (χ3n) is 6.62. The number of furan rings is 1. The number of benzene rings is 1. The molecule has 2 aliphatic rings. The van der Waals surface area contributed by atoms with Gasteiger partial charge < -0.3 is 9.73 Å². The molecule has 3 aromatic rings. The van der Waals surface area contributed by atoms with E-state index in [9.17, 15) is 13.2 Å². The molecular weight excluding hydrogens is 440 g/mol. The normalized spacial score (nSPS) is 21.9. The van der Waals surface area contributed by atoms with Crippen LogP contribution < -0.4 is 10.7 Å². The van der Waals surface area contributed by atoms with Crippen LogP contribution >= 0.6 is 0 Å². The number of aromatic nitrogens is 1. The number of rotatable bonds is 6. The van der Waals surface area contributed by atoms with Crippen LogP contribution in [0.1, 0.15) is 48.2 Å². The molecule has 2 N–H and O–H groups in total. The number of amides is 1. The number of nitrogens with one attached hydrogen (secondary N) is 2. The Morgan fingerprint density at radius 3 is 2.79 bits per heavy atom. The highest BCUT2D eigenvalue weighted by Crippen LogP contribution is 2.31. The number of hydrogen-bond acceptors (Lipinski definition) is 7. The van der Waals surface area contributed by atoms with E-state index < -0.39 is 9.84 Å². The highest BCUT2D eigenvalue weighted by atomic mass is 32.2. The van der Waals surface area contributed by atoms with Crippen molar-refractivity contribution in [1.82, 2.24) is 20.7 Å². The molecule has 33 heavy (non-hydrogen) atoms. The summed E-state index contributed by atoms with van der Waals surface area (Å²) in [6.45, 7) is 2.24. The summed E-state index contributed by atoms with van der Waals surface area (Å²) in [5.74, 6) is -0.108. The maximum Gasteiger partial charge on any atom is 0.287 e. The molecule has 0 spiro atoms. The average Bonchev–Trinajstić information content (AvgIpc) is 3.53. The molecule has 1 saturated carbocycles. The second-order valence-corrected chi connectivity index (χ2v) is 11.0. The zero-order valence-corrected chi connectivity index (χ0v) is 19.2. The fourth-order valence-corrected chi connectivity index (χ4v) is 6.66. The molecule has 1 aromatic carbocycles. The number of pyridine rings is 1. The highest BCUT2D eigenvalue weighted by Gasteiger charge is 2.35. The summed E-state index contributed by atoms with van der Waals surface area (Å²) in [6.07, 6.45) is 7.67. The molecule has 2 fully saturated rings. The van der Waals surface area contributed by atoms with Gasteiger partial charge in [0, 0.05) is 37.3 Å². The second-order valence-electron chi connectivity index (χ2n) is 8.79. The van der Waals surface area contributed by atoms with Crippen LogP contribution in [0.2, 0.25) is 0 Å². The lowest BCUT2D eigenvalue weighted by atomic mass is 9.94. The van der Waals surface area contributed by atoms with Crippen LogP contribution in [0, 0.1) is 0 Å². The first kappa shape index (κ1) is 22.1. The summed E-state index contributed by atoms with van der Waals surface area (Å²) in [5.41, 5.74) is 4.76. The van der Waals surface area contributed by atoms with Crippen LogP contribution in [0.25, 0.3) is 11.0 Å². The van der Waals surface area contributed by atoms with E-state index in [2.05, 4.69) is 20.7 Å². The van der Waals surface area contributed by atoms with Crippen molar-refractivity contribution in [2.45, 2.75) is 54.8 Å². The van der Waals surface area contributed by atoms with Gasteiger partial charge in [0.2, 0.25) is 0 Å². The maximum atomic E-state index is 13.3. The Labute approximate surface area is 193 Å². The monoisotopic (exact) mass is 468 g/mol. The number of fused-ring (bicyclic) bond motifs is 1. The fraction of sp³-hybridized carbons (Fsp3) is 0.417. The smallest absolute Gasteiger partial charge is 0.287 e. The maximum absolute atomic E-state index is 13.3. The van der Waals surface area contributed by atoms with E-state index in [4.69, 9.17) is 4.42 Å². The van der Waals surface area contributed by atoms with Gasteiger partial charge in [-0.3, -0.25) is 15.2 Å². The third kappa shape index (κ3) is 4.66. The van der Waals surface area contributed by atoms with Crippen LogP contribution in [-0.4, -0.2) is 48.7 Å². The third-order valence-corrected chi connectivity index (χ3v) is 8.86. The van der Waals surface area contributed by atoms with E-state index in [1.807, 2.05) is 0 Å². The highest BCUT2D eigenvalue weighted by molar-refractivity contribution is 7.92. The van der Waals surface area contributed by atoms with Gasteiger partial charge in [-0.25, -0.2) is 13.4 Å². The Morgan fingerprint density at radius 1 is 1.18 bits per heavy atom. The minimum absolute atomic E-state index is 0.219. The molecule has 1 amide bonds. The molecule has 5 rings (SSSR count). The summed E-state index contributed by atoms with van der Waals surface area (Å²) in [4.78, 5) is 16.8. The number of hydrazine groups is 1. The van der Waals surface area contributed by atoms with Crippen LogP contribution in [0.3, 0.4) is 0 Å².